The fraction of sp³-hybridized carbons (Fsp3) is 0.412. The summed E-state index contributed by atoms with van der Waals surface area (Å²) in [5.74, 6) is -0.603. The molecule has 1 heterocycles. The number of aromatic hydroxyl groups is 1. The lowest BCUT2D eigenvalue weighted by atomic mass is 9.93. The number of carbonyl (C=O) groups is 2. The molecule has 0 aromatic heterocycles. The first-order valence-corrected chi connectivity index (χ1v) is 8.35. The van der Waals surface area contributed by atoms with Crippen molar-refractivity contribution in [2.24, 2.45) is 0 Å². The van der Waals surface area contributed by atoms with Gasteiger partial charge in [-0.3, -0.25) is 0 Å². The molecule has 0 aliphatic carbocycles. The first kappa shape index (κ1) is 18.9. The van der Waals surface area contributed by atoms with Gasteiger partial charge in [0, 0.05) is 11.3 Å². The van der Waals surface area contributed by atoms with Crippen molar-refractivity contribution in [2.45, 2.75) is 32.7 Å². The molecule has 8 heteroatoms. The lowest BCUT2D eigenvalue weighted by Crippen LogP contribution is -2.46. The zero-order valence-electron chi connectivity index (χ0n) is 14.3. The van der Waals surface area contributed by atoms with Crippen LogP contribution in [-0.4, -0.2) is 30.8 Å². The molecule has 0 fully saturated rings. The summed E-state index contributed by atoms with van der Waals surface area (Å²) in [6, 6.07) is 1.83. The van der Waals surface area contributed by atoms with E-state index in [0.29, 0.717) is 17.7 Å². The third-order valence-electron chi connectivity index (χ3n) is 3.79. The fourth-order valence-electron chi connectivity index (χ4n) is 2.70. The number of carbonyl (C=O) groups excluding carboxylic acids is 2. The van der Waals surface area contributed by atoms with Crippen molar-refractivity contribution in [3.8, 4) is 11.5 Å². The molecule has 0 saturated heterocycles. The summed E-state index contributed by atoms with van der Waals surface area (Å²) in [7, 11) is 1.40. The predicted molar refractivity (Wildman–Crippen MR) is 92.6 cm³/mol. The van der Waals surface area contributed by atoms with Gasteiger partial charge in [0.2, 0.25) is 0 Å². The van der Waals surface area contributed by atoms with Gasteiger partial charge < -0.3 is 25.2 Å². The van der Waals surface area contributed by atoms with Gasteiger partial charge in [0.15, 0.2) is 11.5 Å². The van der Waals surface area contributed by atoms with Crippen LogP contribution in [0.15, 0.2) is 23.4 Å². The molecule has 1 unspecified atom stereocenters. The van der Waals surface area contributed by atoms with Crippen molar-refractivity contribution in [3.05, 3.63) is 34.0 Å². The highest BCUT2D eigenvalue weighted by molar-refractivity contribution is 6.33. The highest BCUT2D eigenvalue weighted by Crippen LogP contribution is 2.41. The number of rotatable bonds is 6. The molecule has 1 aliphatic rings. The number of methoxy groups -OCH3 is 1. The van der Waals surface area contributed by atoms with Gasteiger partial charge in [0.1, 0.15) is 0 Å². The highest BCUT2D eigenvalue weighted by atomic mass is 35.5. The number of halogens is 1. The Labute approximate surface area is 150 Å². The van der Waals surface area contributed by atoms with Crippen molar-refractivity contribution >= 4 is 23.6 Å². The van der Waals surface area contributed by atoms with E-state index < -0.39 is 18.0 Å². The Bertz CT molecular complexity index is 717. The minimum atomic E-state index is -0.835. The van der Waals surface area contributed by atoms with E-state index in [0.717, 1.165) is 6.42 Å². The number of amides is 2. The largest absolute Gasteiger partial charge is 0.503 e. The number of hydrogen-bond acceptors (Lipinski definition) is 5. The van der Waals surface area contributed by atoms with Crippen LogP contribution in [0.25, 0.3) is 0 Å². The van der Waals surface area contributed by atoms with E-state index in [-0.39, 0.29) is 28.7 Å². The summed E-state index contributed by atoms with van der Waals surface area (Å²) in [4.78, 5) is 24.5. The lowest BCUT2D eigenvalue weighted by molar-refractivity contribution is -0.139. The van der Waals surface area contributed by atoms with Gasteiger partial charge in [-0.05, 0) is 19.4 Å². The standard InChI is InChI=1S/C17H21ClN2O5/c1-4-6-10-12(16(22)25-5-2)14(20-17(23)19-10)9-7-8-11(24-3)15(21)13(9)18/h7-8,14,21H,4-6H2,1-3H3,(H2,19,20,23). The minimum Gasteiger partial charge on any atom is -0.503 e. The number of phenolic OH excluding ortho intramolecular Hbond substituents is 1. The van der Waals surface area contributed by atoms with Crippen molar-refractivity contribution in [1.82, 2.24) is 10.6 Å². The molecule has 0 saturated carbocycles. The Morgan fingerprint density at radius 2 is 2.08 bits per heavy atom. The van der Waals surface area contributed by atoms with Crippen LogP contribution in [0.1, 0.15) is 38.3 Å². The maximum atomic E-state index is 12.5. The molecule has 0 spiro atoms. The number of allylic oxidation sites excluding steroid dienone is 1. The smallest absolute Gasteiger partial charge is 0.338 e. The Kier molecular flexibility index (Phi) is 6.14. The van der Waals surface area contributed by atoms with Crippen LogP contribution in [0.2, 0.25) is 5.02 Å². The Hall–Kier alpha value is -2.41. The summed E-state index contributed by atoms with van der Waals surface area (Å²) < 4.78 is 10.2. The van der Waals surface area contributed by atoms with E-state index in [1.807, 2.05) is 6.92 Å². The van der Waals surface area contributed by atoms with Crippen LogP contribution in [-0.2, 0) is 9.53 Å². The van der Waals surface area contributed by atoms with Gasteiger partial charge in [0.25, 0.3) is 0 Å². The molecular formula is C17H21ClN2O5. The first-order chi connectivity index (χ1) is 11.9. The van der Waals surface area contributed by atoms with Crippen LogP contribution in [0.4, 0.5) is 4.79 Å². The number of urea groups is 1. The monoisotopic (exact) mass is 368 g/mol. The van der Waals surface area contributed by atoms with E-state index in [4.69, 9.17) is 21.1 Å². The van der Waals surface area contributed by atoms with E-state index in [1.54, 1.807) is 13.0 Å². The minimum absolute atomic E-state index is 0.00389. The fourth-order valence-corrected chi connectivity index (χ4v) is 2.96. The van der Waals surface area contributed by atoms with E-state index in [2.05, 4.69) is 10.6 Å². The number of nitrogens with one attached hydrogen (secondary N) is 2. The average Bonchev–Trinajstić information content (AvgIpc) is 2.57. The van der Waals surface area contributed by atoms with Crippen molar-refractivity contribution in [3.63, 3.8) is 0 Å². The molecule has 7 nitrogen and oxygen atoms in total. The normalized spacial score (nSPS) is 17.0. The molecule has 1 aromatic carbocycles. The van der Waals surface area contributed by atoms with Crippen LogP contribution >= 0.6 is 11.6 Å². The topological polar surface area (TPSA) is 96.9 Å². The number of ether oxygens (including phenoxy) is 2. The van der Waals surface area contributed by atoms with E-state index in [9.17, 15) is 14.7 Å². The SMILES string of the molecule is CCCC1=C(C(=O)OCC)C(c2ccc(OC)c(O)c2Cl)NC(=O)N1. The molecule has 1 aliphatic heterocycles. The summed E-state index contributed by atoms with van der Waals surface area (Å²) in [5, 5.41) is 15.5. The molecule has 2 amide bonds. The molecule has 3 N–H and O–H groups in total. The highest BCUT2D eigenvalue weighted by Gasteiger charge is 2.35. The summed E-state index contributed by atoms with van der Waals surface area (Å²) in [6.07, 6.45) is 1.23. The second-order valence-electron chi connectivity index (χ2n) is 5.41. The molecule has 0 bridgehead atoms. The van der Waals surface area contributed by atoms with Crippen LogP contribution in [0.5, 0.6) is 11.5 Å². The quantitative estimate of drug-likeness (QED) is 0.670. The zero-order chi connectivity index (χ0) is 18.6. The number of hydrogen-bond donors (Lipinski definition) is 3. The molecule has 2 rings (SSSR count). The van der Waals surface area contributed by atoms with Gasteiger partial charge in [-0.15, -0.1) is 0 Å². The molecule has 1 atom stereocenters. The maximum Gasteiger partial charge on any atom is 0.338 e. The van der Waals surface area contributed by atoms with Gasteiger partial charge in [-0.25, -0.2) is 9.59 Å². The molecule has 0 radical (unpaired) electrons. The molecule has 1 aromatic rings. The maximum absolute atomic E-state index is 12.5. The van der Waals surface area contributed by atoms with Crippen LogP contribution < -0.4 is 15.4 Å². The van der Waals surface area contributed by atoms with Crippen molar-refractivity contribution in [2.75, 3.05) is 13.7 Å². The predicted octanol–water partition coefficient (Wildman–Crippen LogP) is 3.03. The Morgan fingerprint density at radius 1 is 1.36 bits per heavy atom. The second kappa shape index (κ2) is 8.11. The average molecular weight is 369 g/mol. The summed E-state index contributed by atoms with van der Waals surface area (Å²) in [5.41, 5.74) is 1.14. The molecular weight excluding hydrogens is 348 g/mol. The number of benzene rings is 1. The van der Waals surface area contributed by atoms with Gasteiger partial charge in [0.05, 0.1) is 30.4 Å². The molecule has 136 valence electrons. The third kappa shape index (κ3) is 3.82. The Morgan fingerprint density at radius 3 is 2.68 bits per heavy atom. The summed E-state index contributed by atoms with van der Waals surface area (Å²) in [6.45, 7) is 3.84. The number of phenols is 1. The second-order valence-corrected chi connectivity index (χ2v) is 5.79. The van der Waals surface area contributed by atoms with Gasteiger partial charge in [-0.2, -0.15) is 0 Å². The summed E-state index contributed by atoms with van der Waals surface area (Å²) >= 11 is 6.25. The van der Waals surface area contributed by atoms with Gasteiger partial charge in [-0.1, -0.05) is 31.0 Å². The lowest BCUT2D eigenvalue weighted by Gasteiger charge is -2.30. The van der Waals surface area contributed by atoms with Crippen LogP contribution in [0.3, 0.4) is 0 Å². The number of esters is 1. The van der Waals surface area contributed by atoms with E-state index in [1.165, 1.54) is 13.2 Å². The van der Waals surface area contributed by atoms with Gasteiger partial charge >= 0.3 is 12.0 Å². The third-order valence-corrected chi connectivity index (χ3v) is 4.19. The van der Waals surface area contributed by atoms with E-state index >= 15 is 0 Å². The van der Waals surface area contributed by atoms with Crippen LogP contribution in [0, 0.1) is 0 Å². The molecule has 25 heavy (non-hydrogen) atoms. The van der Waals surface area contributed by atoms with Crippen molar-refractivity contribution in [1.29, 1.82) is 0 Å². The Balaban J connectivity index is 2.59. The first-order valence-electron chi connectivity index (χ1n) is 7.97. The van der Waals surface area contributed by atoms with Crippen molar-refractivity contribution < 1.29 is 24.2 Å². The zero-order valence-corrected chi connectivity index (χ0v) is 15.1.